The second-order valence-corrected chi connectivity index (χ2v) is 14.6. The molecule has 0 saturated carbocycles. The van der Waals surface area contributed by atoms with E-state index in [0.29, 0.717) is 81.1 Å². The van der Waals surface area contributed by atoms with E-state index in [1.165, 1.54) is 33.7 Å². The Labute approximate surface area is 366 Å². The summed E-state index contributed by atoms with van der Waals surface area (Å²) in [6, 6.07) is -0.999. The molecule has 4 heterocycles. The van der Waals surface area contributed by atoms with E-state index in [-0.39, 0.29) is 89.4 Å². The fraction of sp³-hybridized carbons (Fsp3) is 0.605. The number of allylic oxidation sites excluding steroid dienone is 1. The van der Waals surface area contributed by atoms with Crippen LogP contribution in [0, 0.1) is 0 Å². The SMILES string of the molecule is C=CCOC(=O)C1=C(C=C)CSC2[C@H](NCCOCCOCCC)C(=O)N12.C=CCOC(=O)C1=C(CC)CSC2[C@H](NC(=O)COCCOCCC)C(=O)N12.[Na+].[OH-]. The minimum atomic E-state index is -0.668. The number of amides is 3. The van der Waals surface area contributed by atoms with Gasteiger partial charge >= 0.3 is 41.5 Å². The van der Waals surface area contributed by atoms with E-state index >= 15 is 0 Å². The molecule has 57 heavy (non-hydrogen) atoms. The van der Waals surface area contributed by atoms with Gasteiger partial charge in [0, 0.05) is 31.3 Å². The third-order valence-corrected chi connectivity index (χ3v) is 11.0. The maximum absolute atomic E-state index is 12.6. The summed E-state index contributed by atoms with van der Waals surface area (Å²) in [5.74, 6) is -0.638. The van der Waals surface area contributed by atoms with Gasteiger partial charge in [-0.1, -0.05) is 58.7 Å². The predicted octanol–water partition coefficient (Wildman–Crippen LogP) is -0.478. The molecule has 2 unspecified atom stereocenters. The topological polar surface area (TPSA) is 201 Å². The number of carbonyl (C=O) groups is 5. The number of hydrogen-bond donors (Lipinski definition) is 2. The van der Waals surface area contributed by atoms with Gasteiger partial charge in [0.25, 0.3) is 5.91 Å². The second kappa shape index (κ2) is 28.9. The standard InChI is InChI=1S/C19H28N2O6S.C19H28N2O5S.Na.H2O/c1-4-7-25-9-10-26-11-14(22)20-15-17(23)21-16(19(24)27-8-5-2)13(6-3)12-28-18(15)21;1-4-8-24-11-12-25-10-7-20-15-17(22)21-16(19(23)26-9-5-2)14(6-3)13-27-18(15)21;;/h5,15,18H,2,4,6-12H2,1,3H3,(H,20,22);5-6,15,18,20H,2-4,7-13H2,1H3;;1H2/q;;+1;/p-1/t2*15-,18?;;/m11../s1. The Hall–Kier alpha value is -2.49. The molecular weight excluding hydrogens is 792 g/mol. The van der Waals surface area contributed by atoms with Gasteiger partial charge in [-0.25, -0.2) is 9.59 Å². The van der Waals surface area contributed by atoms with Crippen LogP contribution in [0.3, 0.4) is 0 Å². The molecule has 3 amide bonds. The molecule has 0 aromatic heterocycles. The molecule has 0 bridgehead atoms. The maximum atomic E-state index is 12.6. The molecule has 16 nitrogen and oxygen atoms in total. The van der Waals surface area contributed by atoms with Crippen molar-refractivity contribution in [2.75, 3.05) is 84.1 Å². The Bertz CT molecular complexity index is 1450. The molecule has 19 heteroatoms. The molecule has 314 valence electrons. The molecule has 0 radical (unpaired) electrons. The van der Waals surface area contributed by atoms with Crippen molar-refractivity contribution in [1.82, 2.24) is 20.4 Å². The first-order valence-corrected chi connectivity index (χ1v) is 20.7. The summed E-state index contributed by atoms with van der Waals surface area (Å²) >= 11 is 3.13. The van der Waals surface area contributed by atoms with E-state index in [1.807, 2.05) is 13.8 Å². The van der Waals surface area contributed by atoms with Crippen LogP contribution in [-0.2, 0) is 52.4 Å². The summed E-state index contributed by atoms with van der Waals surface area (Å²) in [6.45, 7) is 21.2. The Kier molecular flexibility index (Phi) is 26.6. The molecule has 3 N–H and O–H groups in total. The van der Waals surface area contributed by atoms with E-state index < -0.39 is 18.0 Å². The van der Waals surface area contributed by atoms with Crippen LogP contribution < -0.4 is 40.2 Å². The number of rotatable bonds is 25. The number of nitrogens with one attached hydrogen (secondary N) is 2. The largest absolute Gasteiger partial charge is 1.00 e. The van der Waals surface area contributed by atoms with Crippen LogP contribution >= 0.6 is 23.5 Å². The zero-order valence-electron chi connectivity index (χ0n) is 33.6. The van der Waals surface area contributed by atoms with Gasteiger partial charge in [-0.3, -0.25) is 24.2 Å². The summed E-state index contributed by atoms with van der Waals surface area (Å²) in [5, 5.41) is 5.47. The molecule has 0 spiro atoms. The smallest absolute Gasteiger partial charge is 0.870 e. The Balaban J connectivity index is 0.000000551. The first kappa shape index (κ1) is 52.5. The van der Waals surface area contributed by atoms with Crippen molar-refractivity contribution in [2.24, 2.45) is 0 Å². The van der Waals surface area contributed by atoms with E-state index in [1.54, 1.807) is 17.8 Å². The molecule has 4 rings (SSSR count). The summed E-state index contributed by atoms with van der Waals surface area (Å²) in [6.07, 6.45) is 7.15. The monoisotopic (exact) mass is 848 g/mol. The number of esters is 2. The number of β-lactam (4-membered cyclic amide) rings is 2. The van der Waals surface area contributed by atoms with Crippen molar-refractivity contribution in [1.29, 1.82) is 0 Å². The fourth-order valence-corrected chi connectivity index (χ4v) is 8.51. The fourth-order valence-electron chi connectivity index (χ4n) is 5.69. The van der Waals surface area contributed by atoms with Gasteiger partial charge in [-0.2, -0.15) is 0 Å². The van der Waals surface area contributed by atoms with Gasteiger partial charge in [0.1, 0.15) is 54.0 Å². The Morgan fingerprint density at radius 1 is 0.737 bits per heavy atom. The van der Waals surface area contributed by atoms with Gasteiger partial charge in [-0.05, 0) is 30.4 Å². The predicted molar refractivity (Wildman–Crippen MR) is 213 cm³/mol. The summed E-state index contributed by atoms with van der Waals surface area (Å²) in [7, 11) is 0. The minimum absolute atomic E-state index is 0. The molecule has 0 aliphatic carbocycles. The zero-order valence-corrected chi connectivity index (χ0v) is 37.3. The maximum Gasteiger partial charge on any atom is 1.00 e. The van der Waals surface area contributed by atoms with Crippen LogP contribution in [0.4, 0.5) is 0 Å². The van der Waals surface area contributed by atoms with E-state index in [2.05, 4.69) is 37.3 Å². The first-order valence-electron chi connectivity index (χ1n) is 18.6. The number of carbonyl (C=O) groups excluding carboxylic acids is 5. The molecule has 0 aromatic rings. The van der Waals surface area contributed by atoms with Crippen LogP contribution in [0.25, 0.3) is 0 Å². The zero-order chi connectivity index (χ0) is 40.2. The van der Waals surface area contributed by atoms with Gasteiger partial charge in [0.15, 0.2) is 0 Å². The molecule has 4 atom stereocenters. The van der Waals surface area contributed by atoms with Crippen molar-refractivity contribution in [3.8, 4) is 0 Å². The quantitative estimate of drug-likeness (QED) is 0.0392. The summed E-state index contributed by atoms with van der Waals surface area (Å²) in [5.41, 5.74) is 2.17. The minimum Gasteiger partial charge on any atom is -0.870 e. The second-order valence-electron chi connectivity index (χ2n) is 12.3. The van der Waals surface area contributed by atoms with Gasteiger partial charge < -0.3 is 44.5 Å². The van der Waals surface area contributed by atoms with E-state index in [9.17, 15) is 24.0 Å². The van der Waals surface area contributed by atoms with Gasteiger partial charge in [-0.15, -0.1) is 23.5 Å². The van der Waals surface area contributed by atoms with Crippen LogP contribution in [0.2, 0.25) is 0 Å². The number of fused-ring (bicyclic) bond motifs is 2. The van der Waals surface area contributed by atoms with Crippen molar-refractivity contribution in [3.63, 3.8) is 0 Å². The van der Waals surface area contributed by atoms with Crippen LogP contribution in [0.1, 0.15) is 40.0 Å². The average molecular weight is 849 g/mol. The molecule has 0 aromatic carbocycles. The third-order valence-electron chi connectivity index (χ3n) is 8.37. The number of hydrogen-bond acceptors (Lipinski definition) is 15. The van der Waals surface area contributed by atoms with Crippen LogP contribution in [-0.4, -0.2) is 152 Å². The normalized spacial score (nSPS) is 20.5. The molecule has 4 aliphatic heterocycles. The van der Waals surface area contributed by atoms with Crippen LogP contribution in [0.15, 0.2) is 60.5 Å². The average Bonchev–Trinajstić information content (AvgIpc) is 3.20. The third kappa shape index (κ3) is 14.9. The van der Waals surface area contributed by atoms with Crippen molar-refractivity contribution in [3.05, 3.63) is 60.5 Å². The van der Waals surface area contributed by atoms with Crippen molar-refractivity contribution >= 4 is 53.2 Å². The summed E-state index contributed by atoms with van der Waals surface area (Å²) < 4.78 is 31.6. The van der Waals surface area contributed by atoms with E-state index in [4.69, 9.17) is 28.4 Å². The van der Waals surface area contributed by atoms with Crippen LogP contribution in [0.5, 0.6) is 0 Å². The molecule has 4 aliphatic rings. The Morgan fingerprint density at radius 2 is 1.25 bits per heavy atom. The first-order chi connectivity index (χ1) is 26.7. The van der Waals surface area contributed by atoms with Gasteiger partial charge in [0.05, 0.1) is 33.0 Å². The van der Waals surface area contributed by atoms with E-state index in [0.717, 1.165) is 25.0 Å². The molecule has 2 fully saturated rings. The Morgan fingerprint density at radius 3 is 1.81 bits per heavy atom. The van der Waals surface area contributed by atoms with Crippen molar-refractivity contribution < 1.29 is 87.4 Å². The molecule has 2 saturated heterocycles. The molecular formula is C38H57N4NaO12S2. The number of nitrogens with zero attached hydrogens (tertiary/aromatic N) is 2. The summed E-state index contributed by atoms with van der Waals surface area (Å²) in [4.78, 5) is 64.9. The number of thioether (sulfide) groups is 2. The van der Waals surface area contributed by atoms with Gasteiger partial charge in [0.2, 0.25) is 11.8 Å². The van der Waals surface area contributed by atoms with Crippen molar-refractivity contribution in [2.45, 2.75) is 62.9 Å². The number of ether oxygens (including phenoxy) is 6.